The highest BCUT2D eigenvalue weighted by molar-refractivity contribution is 9.10. The Bertz CT molecular complexity index is 597. The molecular formula is C14H15BrO4S. The van der Waals surface area contributed by atoms with E-state index in [0.29, 0.717) is 22.8 Å². The van der Waals surface area contributed by atoms with E-state index in [0.717, 1.165) is 10.0 Å². The van der Waals surface area contributed by atoms with Crippen LogP contribution in [-0.2, 0) is 0 Å². The van der Waals surface area contributed by atoms with Gasteiger partial charge in [0, 0.05) is 21.0 Å². The van der Waals surface area contributed by atoms with E-state index in [1.54, 1.807) is 19.2 Å². The summed E-state index contributed by atoms with van der Waals surface area (Å²) in [6, 6.07) is 3.52. The lowest BCUT2D eigenvalue weighted by atomic mass is 10.0. The summed E-state index contributed by atoms with van der Waals surface area (Å²) >= 11 is 4.94. The highest BCUT2D eigenvalue weighted by atomic mass is 79.9. The molecule has 4 nitrogen and oxygen atoms in total. The van der Waals surface area contributed by atoms with E-state index in [1.807, 2.05) is 10.8 Å². The van der Waals surface area contributed by atoms with Crippen molar-refractivity contribution in [2.75, 3.05) is 21.3 Å². The molecule has 0 saturated heterocycles. The van der Waals surface area contributed by atoms with E-state index in [1.165, 1.54) is 25.6 Å². The smallest absolute Gasteiger partial charge is 0.203 e. The van der Waals surface area contributed by atoms with E-state index < -0.39 is 6.10 Å². The third-order valence-electron chi connectivity index (χ3n) is 2.97. The van der Waals surface area contributed by atoms with Crippen LogP contribution in [0.4, 0.5) is 0 Å². The molecule has 2 aromatic rings. The van der Waals surface area contributed by atoms with Crippen molar-refractivity contribution in [2.45, 2.75) is 6.10 Å². The number of benzene rings is 1. The van der Waals surface area contributed by atoms with Gasteiger partial charge in [-0.15, -0.1) is 0 Å². The average molecular weight is 359 g/mol. The second kappa shape index (κ2) is 6.47. The van der Waals surface area contributed by atoms with E-state index in [2.05, 4.69) is 15.9 Å². The van der Waals surface area contributed by atoms with Gasteiger partial charge in [-0.3, -0.25) is 0 Å². The Kier molecular flexibility index (Phi) is 4.91. The third kappa shape index (κ3) is 2.63. The van der Waals surface area contributed by atoms with Gasteiger partial charge in [0.05, 0.1) is 21.3 Å². The van der Waals surface area contributed by atoms with E-state index in [4.69, 9.17) is 14.2 Å². The Balaban J connectivity index is 2.54. The maximum absolute atomic E-state index is 10.6. The van der Waals surface area contributed by atoms with Gasteiger partial charge in [-0.1, -0.05) is 0 Å². The van der Waals surface area contributed by atoms with Crippen LogP contribution in [0.2, 0.25) is 0 Å². The van der Waals surface area contributed by atoms with E-state index in [9.17, 15) is 5.11 Å². The molecule has 6 heteroatoms. The minimum Gasteiger partial charge on any atom is -0.493 e. The molecule has 0 aliphatic rings. The van der Waals surface area contributed by atoms with Crippen LogP contribution in [0.25, 0.3) is 0 Å². The summed E-state index contributed by atoms with van der Waals surface area (Å²) in [5.41, 5.74) is 1.42. The van der Waals surface area contributed by atoms with Crippen LogP contribution in [0, 0.1) is 0 Å². The fourth-order valence-corrected chi connectivity index (χ4v) is 3.53. The van der Waals surface area contributed by atoms with Gasteiger partial charge in [-0.25, -0.2) is 0 Å². The van der Waals surface area contributed by atoms with Gasteiger partial charge in [0.1, 0.15) is 6.10 Å². The van der Waals surface area contributed by atoms with Gasteiger partial charge in [-0.2, -0.15) is 11.3 Å². The first kappa shape index (κ1) is 15.2. The lowest BCUT2D eigenvalue weighted by molar-refractivity contribution is 0.212. The van der Waals surface area contributed by atoms with Crippen molar-refractivity contribution >= 4 is 27.3 Å². The molecule has 1 heterocycles. The molecule has 108 valence electrons. The molecule has 0 aliphatic heterocycles. The van der Waals surface area contributed by atoms with Crippen LogP contribution < -0.4 is 14.2 Å². The van der Waals surface area contributed by atoms with Crippen molar-refractivity contribution in [1.29, 1.82) is 0 Å². The van der Waals surface area contributed by atoms with Crippen molar-refractivity contribution in [3.63, 3.8) is 0 Å². The van der Waals surface area contributed by atoms with Crippen molar-refractivity contribution < 1.29 is 19.3 Å². The highest BCUT2D eigenvalue weighted by Crippen LogP contribution is 2.44. The zero-order valence-electron chi connectivity index (χ0n) is 11.3. The zero-order chi connectivity index (χ0) is 14.7. The van der Waals surface area contributed by atoms with Crippen molar-refractivity contribution in [2.24, 2.45) is 0 Å². The lowest BCUT2D eigenvalue weighted by Gasteiger charge is -2.19. The summed E-state index contributed by atoms with van der Waals surface area (Å²) in [6.07, 6.45) is -0.801. The Morgan fingerprint density at radius 2 is 1.70 bits per heavy atom. The summed E-state index contributed by atoms with van der Waals surface area (Å²) in [5, 5.41) is 14.4. The number of hydrogen-bond donors (Lipinski definition) is 1. The Labute approximate surface area is 130 Å². The fraction of sp³-hybridized carbons (Fsp3) is 0.286. The predicted molar refractivity (Wildman–Crippen MR) is 82.2 cm³/mol. The molecule has 2 rings (SSSR count). The molecule has 1 aromatic heterocycles. The van der Waals surface area contributed by atoms with Gasteiger partial charge in [0.15, 0.2) is 11.5 Å². The molecule has 1 atom stereocenters. The first-order valence-electron chi connectivity index (χ1n) is 5.82. The van der Waals surface area contributed by atoms with E-state index in [-0.39, 0.29) is 0 Å². The van der Waals surface area contributed by atoms with Crippen LogP contribution in [0.1, 0.15) is 17.2 Å². The summed E-state index contributed by atoms with van der Waals surface area (Å²) in [7, 11) is 4.63. The molecular weight excluding hydrogens is 344 g/mol. The molecule has 1 aromatic carbocycles. The molecule has 1 N–H and O–H groups in total. The second-order valence-electron chi connectivity index (χ2n) is 4.00. The first-order valence-corrected chi connectivity index (χ1v) is 7.56. The lowest BCUT2D eigenvalue weighted by Crippen LogP contribution is -2.04. The molecule has 1 unspecified atom stereocenters. The number of thiophene rings is 1. The quantitative estimate of drug-likeness (QED) is 0.886. The number of rotatable bonds is 5. The molecule has 0 aliphatic carbocycles. The minimum atomic E-state index is -0.801. The largest absolute Gasteiger partial charge is 0.493 e. The zero-order valence-corrected chi connectivity index (χ0v) is 13.7. The van der Waals surface area contributed by atoms with Gasteiger partial charge in [0.25, 0.3) is 0 Å². The van der Waals surface area contributed by atoms with E-state index >= 15 is 0 Å². The molecule has 0 spiro atoms. The number of halogens is 1. The molecule has 0 radical (unpaired) electrons. The molecule has 0 bridgehead atoms. The SMILES string of the molecule is COc1ccc(C(O)c2cscc2Br)c(OC)c1OC. The van der Waals surface area contributed by atoms with Gasteiger partial charge in [-0.05, 0) is 33.4 Å². The molecule has 20 heavy (non-hydrogen) atoms. The highest BCUT2D eigenvalue weighted by Gasteiger charge is 2.23. The van der Waals surface area contributed by atoms with Crippen LogP contribution in [0.5, 0.6) is 17.2 Å². The fourth-order valence-electron chi connectivity index (χ4n) is 1.99. The van der Waals surface area contributed by atoms with Crippen molar-refractivity contribution in [1.82, 2.24) is 0 Å². The maximum Gasteiger partial charge on any atom is 0.203 e. The number of ether oxygens (including phenoxy) is 3. The van der Waals surface area contributed by atoms with Gasteiger partial charge >= 0.3 is 0 Å². The molecule has 0 saturated carbocycles. The third-order valence-corrected chi connectivity index (χ3v) is 4.72. The van der Waals surface area contributed by atoms with Gasteiger partial charge in [0.2, 0.25) is 5.75 Å². The van der Waals surface area contributed by atoms with Crippen molar-refractivity contribution in [3.8, 4) is 17.2 Å². The normalized spacial score (nSPS) is 12.1. The number of aliphatic hydroxyl groups excluding tert-OH is 1. The van der Waals surface area contributed by atoms with Crippen LogP contribution in [0.3, 0.4) is 0 Å². The summed E-state index contributed by atoms with van der Waals surface area (Å²) in [4.78, 5) is 0. The Morgan fingerprint density at radius 1 is 1.00 bits per heavy atom. The summed E-state index contributed by atoms with van der Waals surface area (Å²) < 4.78 is 16.8. The minimum absolute atomic E-state index is 0.470. The standard InChI is InChI=1S/C14H15BrO4S/c1-17-11-5-4-8(13(18-2)14(11)19-3)12(16)9-6-20-7-10(9)15/h4-7,12,16H,1-3H3. The van der Waals surface area contributed by atoms with Crippen LogP contribution >= 0.6 is 27.3 Å². The van der Waals surface area contributed by atoms with Crippen LogP contribution in [-0.4, -0.2) is 26.4 Å². The monoisotopic (exact) mass is 358 g/mol. The van der Waals surface area contributed by atoms with Gasteiger partial charge < -0.3 is 19.3 Å². The van der Waals surface area contributed by atoms with Crippen molar-refractivity contribution in [3.05, 3.63) is 38.5 Å². The number of methoxy groups -OCH3 is 3. The summed E-state index contributed by atoms with van der Waals surface area (Å²) in [5.74, 6) is 1.50. The Morgan fingerprint density at radius 3 is 2.20 bits per heavy atom. The predicted octanol–water partition coefficient (Wildman–Crippen LogP) is 3.62. The summed E-state index contributed by atoms with van der Waals surface area (Å²) in [6.45, 7) is 0. The second-order valence-corrected chi connectivity index (χ2v) is 5.60. The maximum atomic E-state index is 10.6. The number of hydrogen-bond acceptors (Lipinski definition) is 5. The van der Waals surface area contributed by atoms with Crippen LogP contribution in [0.15, 0.2) is 27.4 Å². The first-order chi connectivity index (χ1) is 9.63. The average Bonchev–Trinajstić information content (AvgIpc) is 2.90. The Hall–Kier alpha value is -1.24. The molecule has 0 amide bonds. The molecule has 0 fully saturated rings. The topological polar surface area (TPSA) is 47.9 Å². The number of aliphatic hydroxyl groups is 1.